The first kappa shape index (κ1) is 13.4. The summed E-state index contributed by atoms with van der Waals surface area (Å²) >= 11 is 6.75. The number of nitrogens with two attached hydrogens (primary N) is 1. The molecule has 1 heterocycles. The van der Waals surface area contributed by atoms with Crippen molar-refractivity contribution in [3.05, 3.63) is 62.7 Å². The highest BCUT2D eigenvalue weighted by Crippen LogP contribution is 2.26. The Hall–Kier alpha value is -1.59. The highest BCUT2D eigenvalue weighted by atomic mass is 79.9. The number of nitrogens with one attached hydrogen (secondary N) is 1. The van der Waals surface area contributed by atoms with Gasteiger partial charge in [-0.1, -0.05) is 15.9 Å². The Morgan fingerprint density at radius 2 is 1.90 bits per heavy atom. The number of carbonyl (C=O) groups is 1. The quantitative estimate of drug-likeness (QED) is 0.497. The summed E-state index contributed by atoms with van der Waals surface area (Å²) in [5.74, 6) is -0.0476. The van der Waals surface area contributed by atoms with Crippen molar-refractivity contribution in [1.29, 1.82) is 0 Å². The summed E-state index contributed by atoms with van der Waals surface area (Å²) in [5, 5.41) is 0.894. The van der Waals surface area contributed by atoms with Crippen LogP contribution in [0, 0.1) is 0 Å². The van der Waals surface area contributed by atoms with E-state index < -0.39 is 0 Å². The Labute approximate surface area is 132 Å². The highest BCUT2D eigenvalue weighted by Gasteiger charge is 2.15. The van der Waals surface area contributed by atoms with Crippen LogP contribution in [0.15, 0.2) is 51.5 Å². The number of ketones is 1. The van der Waals surface area contributed by atoms with Gasteiger partial charge < -0.3 is 10.7 Å². The molecule has 2 aromatic carbocycles. The standard InChI is InChI=1S/C15H10Br2N2O/c16-9-2-4-14-10(6-9)11(7-19-14)15(20)8-1-3-12(17)13(18)5-8/h1-7,19H,18H2. The fraction of sp³-hybridized carbons (Fsp3) is 0. The minimum absolute atomic E-state index is 0.0476. The fourth-order valence-corrected chi connectivity index (χ4v) is 2.73. The topological polar surface area (TPSA) is 58.9 Å². The van der Waals surface area contributed by atoms with E-state index in [2.05, 4.69) is 36.8 Å². The van der Waals surface area contributed by atoms with Crippen LogP contribution in [-0.4, -0.2) is 10.8 Å². The maximum absolute atomic E-state index is 12.6. The van der Waals surface area contributed by atoms with Crippen LogP contribution in [0.4, 0.5) is 5.69 Å². The normalized spacial score (nSPS) is 10.9. The van der Waals surface area contributed by atoms with E-state index in [1.807, 2.05) is 18.2 Å². The Kier molecular flexibility index (Phi) is 3.40. The van der Waals surface area contributed by atoms with Crippen LogP contribution in [0.1, 0.15) is 15.9 Å². The van der Waals surface area contributed by atoms with Crippen molar-refractivity contribution in [3.8, 4) is 0 Å². The van der Waals surface area contributed by atoms with Gasteiger partial charge in [-0.05, 0) is 52.3 Å². The number of carbonyl (C=O) groups excluding carboxylic acids is 1. The second-order valence-corrected chi connectivity index (χ2v) is 6.23. The maximum atomic E-state index is 12.6. The smallest absolute Gasteiger partial charge is 0.195 e. The number of anilines is 1. The number of halogens is 2. The average Bonchev–Trinajstić information content (AvgIpc) is 2.84. The summed E-state index contributed by atoms with van der Waals surface area (Å²) in [7, 11) is 0. The molecule has 100 valence electrons. The molecule has 20 heavy (non-hydrogen) atoms. The molecule has 3 rings (SSSR count). The lowest BCUT2D eigenvalue weighted by Gasteiger charge is -2.03. The van der Waals surface area contributed by atoms with E-state index in [1.54, 1.807) is 24.4 Å². The number of aromatic amines is 1. The molecule has 0 amide bonds. The van der Waals surface area contributed by atoms with Crippen LogP contribution >= 0.6 is 31.9 Å². The van der Waals surface area contributed by atoms with Crippen LogP contribution in [0.3, 0.4) is 0 Å². The van der Waals surface area contributed by atoms with Gasteiger partial charge in [0, 0.05) is 42.9 Å². The minimum atomic E-state index is -0.0476. The maximum Gasteiger partial charge on any atom is 0.195 e. The number of H-pyrrole nitrogens is 1. The molecule has 0 spiro atoms. The molecule has 1 aromatic heterocycles. The van der Waals surface area contributed by atoms with E-state index in [1.165, 1.54) is 0 Å². The fourth-order valence-electron chi connectivity index (χ4n) is 2.12. The summed E-state index contributed by atoms with van der Waals surface area (Å²) in [4.78, 5) is 15.7. The molecule has 3 N–H and O–H groups in total. The first-order valence-electron chi connectivity index (χ1n) is 5.92. The molecule has 3 aromatic rings. The van der Waals surface area contributed by atoms with Crippen LogP contribution in [0.5, 0.6) is 0 Å². The average molecular weight is 394 g/mol. The van der Waals surface area contributed by atoms with Gasteiger partial charge in [0.25, 0.3) is 0 Å². The zero-order chi connectivity index (χ0) is 14.3. The van der Waals surface area contributed by atoms with Gasteiger partial charge in [0.1, 0.15) is 0 Å². The second kappa shape index (κ2) is 5.07. The van der Waals surface area contributed by atoms with Crippen LogP contribution in [0.25, 0.3) is 10.9 Å². The zero-order valence-corrected chi connectivity index (χ0v) is 13.5. The number of hydrogen-bond acceptors (Lipinski definition) is 2. The Morgan fingerprint density at radius 3 is 2.65 bits per heavy atom. The van der Waals surface area contributed by atoms with E-state index in [0.29, 0.717) is 16.8 Å². The summed E-state index contributed by atoms with van der Waals surface area (Å²) in [6.07, 6.45) is 1.73. The number of fused-ring (bicyclic) bond motifs is 1. The SMILES string of the molecule is Nc1cc(C(=O)c2c[nH]c3ccc(Br)cc23)ccc1Br. The number of hydrogen-bond donors (Lipinski definition) is 2. The van der Waals surface area contributed by atoms with Crippen LogP contribution in [-0.2, 0) is 0 Å². The lowest BCUT2D eigenvalue weighted by molar-refractivity contribution is 0.104. The molecule has 0 unspecified atom stereocenters. The predicted molar refractivity (Wildman–Crippen MR) is 88.0 cm³/mol. The first-order valence-corrected chi connectivity index (χ1v) is 7.51. The van der Waals surface area contributed by atoms with Crippen LogP contribution in [0.2, 0.25) is 0 Å². The molecule has 0 bridgehead atoms. The second-order valence-electron chi connectivity index (χ2n) is 4.46. The third kappa shape index (κ3) is 2.27. The van der Waals surface area contributed by atoms with E-state index in [9.17, 15) is 4.79 Å². The predicted octanol–water partition coefficient (Wildman–Crippen LogP) is 4.51. The minimum Gasteiger partial charge on any atom is -0.398 e. The molecule has 0 saturated heterocycles. The Morgan fingerprint density at radius 1 is 1.10 bits per heavy atom. The van der Waals surface area contributed by atoms with Crippen molar-refractivity contribution in [1.82, 2.24) is 4.98 Å². The van der Waals surface area contributed by atoms with Gasteiger partial charge in [0.15, 0.2) is 5.78 Å². The number of aromatic nitrogens is 1. The number of benzene rings is 2. The van der Waals surface area contributed by atoms with Crippen molar-refractivity contribution < 1.29 is 4.79 Å². The lowest BCUT2D eigenvalue weighted by Crippen LogP contribution is -2.01. The van der Waals surface area contributed by atoms with Gasteiger partial charge in [-0.15, -0.1) is 0 Å². The van der Waals surface area contributed by atoms with Gasteiger partial charge in [0.2, 0.25) is 0 Å². The van der Waals surface area contributed by atoms with Gasteiger partial charge in [0.05, 0.1) is 0 Å². The third-order valence-electron chi connectivity index (χ3n) is 3.15. The number of rotatable bonds is 2. The van der Waals surface area contributed by atoms with Crippen molar-refractivity contribution in [2.24, 2.45) is 0 Å². The number of nitrogen functional groups attached to an aromatic ring is 1. The largest absolute Gasteiger partial charge is 0.398 e. The van der Waals surface area contributed by atoms with Crippen LogP contribution < -0.4 is 5.73 Å². The summed E-state index contributed by atoms with van der Waals surface area (Å²) < 4.78 is 1.73. The molecule has 0 aliphatic rings. The van der Waals surface area contributed by atoms with E-state index in [-0.39, 0.29) is 5.78 Å². The lowest BCUT2D eigenvalue weighted by atomic mass is 10.0. The molecule has 0 atom stereocenters. The molecule has 0 fully saturated rings. The van der Waals surface area contributed by atoms with Crippen molar-refractivity contribution >= 4 is 54.2 Å². The Balaban J connectivity index is 2.12. The molecular formula is C15H10Br2N2O. The van der Waals surface area contributed by atoms with Crippen molar-refractivity contribution in [3.63, 3.8) is 0 Å². The van der Waals surface area contributed by atoms with Crippen molar-refractivity contribution in [2.75, 3.05) is 5.73 Å². The molecular weight excluding hydrogens is 384 g/mol. The van der Waals surface area contributed by atoms with Gasteiger partial charge in [-0.3, -0.25) is 4.79 Å². The molecule has 3 nitrogen and oxygen atoms in total. The van der Waals surface area contributed by atoms with Crippen molar-refractivity contribution in [2.45, 2.75) is 0 Å². The zero-order valence-electron chi connectivity index (χ0n) is 10.3. The van der Waals surface area contributed by atoms with E-state index in [4.69, 9.17) is 5.73 Å². The summed E-state index contributed by atoms with van der Waals surface area (Å²) in [5.41, 5.74) is 8.54. The molecule has 0 aliphatic carbocycles. The molecule has 5 heteroatoms. The van der Waals surface area contributed by atoms with E-state index in [0.717, 1.165) is 19.8 Å². The summed E-state index contributed by atoms with van der Waals surface area (Å²) in [6.45, 7) is 0. The highest BCUT2D eigenvalue weighted by molar-refractivity contribution is 9.10. The van der Waals surface area contributed by atoms with Gasteiger partial charge >= 0.3 is 0 Å². The van der Waals surface area contributed by atoms with Gasteiger partial charge in [-0.2, -0.15) is 0 Å². The summed E-state index contributed by atoms with van der Waals surface area (Å²) in [6, 6.07) is 11.0. The van der Waals surface area contributed by atoms with Gasteiger partial charge in [-0.25, -0.2) is 0 Å². The Bertz CT molecular complexity index is 824. The molecule has 0 radical (unpaired) electrons. The third-order valence-corrected chi connectivity index (χ3v) is 4.36. The monoisotopic (exact) mass is 392 g/mol. The molecule has 0 aliphatic heterocycles. The first-order chi connectivity index (χ1) is 9.56. The molecule has 0 saturated carbocycles. The van der Waals surface area contributed by atoms with E-state index >= 15 is 0 Å².